The number of benzene rings is 6. The van der Waals surface area contributed by atoms with E-state index >= 15 is 0 Å². The van der Waals surface area contributed by atoms with Crippen molar-refractivity contribution < 1.29 is 20.4 Å². The van der Waals surface area contributed by atoms with Crippen molar-refractivity contribution in [3.8, 4) is 0 Å². The van der Waals surface area contributed by atoms with Gasteiger partial charge in [0.25, 0.3) is 0 Å². The summed E-state index contributed by atoms with van der Waals surface area (Å²) in [7, 11) is 0. The zero-order valence-corrected chi connectivity index (χ0v) is 29.4. The molecule has 6 rings (SSSR count). The Morgan fingerprint density at radius 3 is 0.533 bits per heavy atom. The molecule has 0 aliphatic heterocycles. The van der Waals surface area contributed by atoms with Crippen molar-refractivity contribution >= 4 is 55.4 Å². The third kappa shape index (κ3) is 12.4. The summed E-state index contributed by atoms with van der Waals surface area (Å²) >= 11 is -2.78. The van der Waals surface area contributed by atoms with Crippen molar-refractivity contribution in [1.29, 1.82) is 0 Å². The second kappa shape index (κ2) is 22.4. The minimum atomic E-state index is -1.39. The van der Waals surface area contributed by atoms with E-state index in [4.69, 9.17) is 20.2 Å². The molecule has 0 heterocycles. The fraction of sp³-hybridized carbons (Fsp3) is 0. The van der Waals surface area contributed by atoms with E-state index in [1.54, 1.807) is 0 Å². The Labute approximate surface area is 286 Å². The van der Waals surface area contributed by atoms with Crippen LogP contribution >= 0.6 is 0 Å². The van der Waals surface area contributed by atoms with E-state index in [9.17, 15) is 0 Å². The van der Waals surface area contributed by atoms with Gasteiger partial charge in [-0.25, -0.2) is 0 Å². The predicted octanol–water partition coefficient (Wildman–Crippen LogP) is 4.90. The molecule has 0 saturated heterocycles. The quantitative estimate of drug-likeness (QED) is 0.136. The van der Waals surface area contributed by atoms with Crippen LogP contribution in [0, 0.1) is 20.2 Å². The molecular weight excluding hydrogens is 781 g/mol. The summed E-state index contributed by atoms with van der Waals surface area (Å²) in [6.07, 6.45) is 0. The predicted molar refractivity (Wildman–Crippen MR) is 186 cm³/mol. The second-order valence-electron chi connectivity index (χ2n) is 8.83. The van der Waals surface area contributed by atoms with Crippen molar-refractivity contribution in [3.63, 3.8) is 0 Å². The van der Waals surface area contributed by atoms with Crippen LogP contribution in [0.5, 0.6) is 0 Å². The molecule has 6 aromatic rings. The van der Waals surface area contributed by atoms with Crippen molar-refractivity contribution in [2.45, 2.75) is 0 Å². The Bertz CT molecular complexity index is 1290. The van der Waals surface area contributed by atoms with E-state index < -0.39 is 29.3 Å². The molecule has 0 atom stereocenters. The molecule has 6 nitrogen and oxygen atoms in total. The normalized spacial score (nSPS) is 9.47. The molecule has 6 aromatic carbocycles. The zero-order chi connectivity index (χ0) is 31.2. The Morgan fingerprint density at radius 2 is 0.422 bits per heavy atom. The SMILES string of the molecule is O=N[O-].O=N[O-].[Pd+2].c1ccc([As](c2ccccc2)c2ccccc2)cc1.c1ccc([As](c2ccccc2)c2ccccc2)cc1. The topological polar surface area (TPSA) is 105 Å². The molecule has 0 bridgehead atoms. The first kappa shape index (κ1) is 37.1. The Morgan fingerprint density at radius 1 is 0.311 bits per heavy atom. The van der Waals surface area contributed by atoms with Crippen LogP contribution in [0.1, 0.15) is 0 Å². The molecule has 0 radical (unpaired) electrons. The summed E-state index contributed by atoms with van der Waals surface area (Å²) in [6, 6.07) is 65.4. The number of hydrogen-bond acceptors (Lipinski definition) is 6. The molecule has 45 heavy (non-hydrogen) atoms. The zero-order valence-electron chi connectivity index (χ0n) is 24.1. The van der Waals surface area contributed by atoms with Crippen LogP contribution in [0.4, 0.5) is 0 Å². The molecule has 0 N–H and O–H groups in total. The van der Waals surface area contributed by atoms with E-state index in [0.717, 1.165) is 10.7 Å². The fourth-order valence-corrected chi connectivity index (χ4v) is 14.0. The van der Waals surface area contributed by atoms with Gasteiger partial charge in [-0.05, 0) is 0 Å². The van der Waals surface area contributed by atoms with Crippen LogP contribution in [0.25, 0.3) is 0 Å². The standard InChI is InChI=1S/2C18H15As.2HNO2.Pd/c2*1-4-10-16(11-5-1)19(17-12-6-2-7-13-17)18-14-8-3-9-15-18;2*2-1-3;/h2*1-15H;2*(H,2,3);/q;;;;+2/p-2. The fourth-order valence-electron chi connectivity index (χ4n) is 4.36. The molecular formula is C36H30As2N2O4Pd. The average molecular weight is 811 g/mol. The Hall–Kier alpha value is -4.10. The van der Waals surface area contributed by atoms with Crippen molar-refractivity contribution in [1.82, 2.24) is 0 Å². The molecule has 0 aliphatic carbocycles. The molecule has 0 aliphatic rings. The maximum atomic E-state index is 8.00. The number of rotatable bonds is 6. The first-order chi connectivity index (χ1) is 21.7. The van der Waals surface area contributed by atoms with Gasteiger partial charge in [0.05, 0.1) is 0 Å². The van der Waals surface area contributed by atoms with Crippen molar-refractivity contribution in [2.75, 3.05) is 0 Å². The number of hydrogen-bond donors (Lipinski definition) is 0. The Balaban J connectivity index is 0.000000262. The molecule has 0 fully saturated rings. The van der Waals surface area contributed by atoms with Crippen LogP contribution in [-0.2, 0) is 20.4 Å². The van der Waals surface area contributed by atoms with E-state index in [1.807, 2.05) is 0 Å². The number of nitrogens with zero attached hydrogens (tertiary/aromatic N) is 2. The van der Waals surface area contributed by atoms with Gasteiger partial charge in [0.2, 0.25) is 0 Å². The van der Waals surface area contributed by atoms with Gasteiger partial charge >= 0.3 is 258 Å². The summed E-state index contributed by atoms with van der Waals surface area (Å²) in [5.74, 6) is 0. The van der Waals surface area contributed by atoms with Gasteiger partial charge in [0, 0.05) is 0 Å². The summed E-state index contributed by atoms with van der Waals surface area (Å²) in [5, 5.41) is 18.0. The van der Waals surface area contributed by atoms with Gasteiger partial charge in [0.1, 0.15) is 0 Å². The molecule has 0 unspecified atom stereocenters. The van der Waals surface area contributed by atoms with Gasteiger partial charge in [-0.2, -0.15) is 0 Å². The van der Waals surface area contributed by atoms with E-state index in [-0.39, 0.29) is 20.4 Å². The van der Waals surface area contributed by atoms with Gasteiger partial charge in [-0.15, -0.1) is 10.7 Å². The van der Waals surface area contributed by atoms with Gasteiger partial charge in [-0.3, -0.25) is 0 Å². The third-order valence-electron chi connectivity index (χ3n) is 6.09. The molecule has 228 valence electrons. The monoisotopic (exact) mass is 810 g/mol. The molecule has 9 heteroatoms. The van der Waals surface area contributed by atoms with E-state index in [1.165, 1.54) is 26.1 Å². The van der Waals surface area contributed by atoms with Crippen LogP contribution in [0.15, 0.2) is 193 Å². The van der Waals surface area contributed by atoms with Gasteiger partial charge in [-0.1, -0.05) is 0 Å². The Kier molecular flexibility index (Phi) is 18.5. The molecule has 0 aromatic heterocycles. The van der Waals surface area contributed by atoms with Gasteiger partial charge in [0.15, 0.2) is 0 Å². The minimum absolute atomic E-state index is 0. The van der Waals surface area contributed by atoms with Crippen LogP contribution < -0.4 is 26.1 Å². The van der Waals surface area contributed by atoms with Crippen molar-refractivity contribution in [3.05, 3.63) is 202 Å². The molecule has 0 spiro atoms. The average Bonchev–Trinajstić information content (AvgIpc) is 3.09. The molecule has 0 saturated carbocycles. The van der Waals surface area contributed by atoms with E-state index in [2.05, 4.69) is 182 Å². The summed E-state index contributed by atoms with van der Waals surface area (Å²) in [4.78, 5) is 16.0. The van der Waals surface area contributed by atoms with Crippen LogP contribution in [-0.4, -0.2) is 29.3 Å². The first-order valence-electron chi connectivity index (χ1n) is 13.5. The maximum absolute atomic E-state index is 8.00. The summed E-state index contributed by atoms with van der Waals surface area (Å²) in [6.45, 7) is 0. The van der Waals surface area contributed by atoms with Crippen LogP contribution in [0.3, 0.4) is 0 Å². The first-order valence-corrected chi connectivity index (χ1v) is 19.2. The third-order valence-corrected chi connectivity index (χ3v) is 16.3. The van der Waals surface area contributed by atoms with Crippen molar-refractivity contribution in [2.24, 2.45) is 10.7 Å². The second-order valence-corrected chi connectivity index (χ2v) is 18.1. The van der Waals surface area contributed by atoms with Gasteiger partial charge < -0.3 is 20.2 Å². The van der Waals surface area contributed by atoms with E-state index in [0.29, 0.717) is 0 Å². The summed E-state index contributed by atoms with van der Waals surface area (Å²) < 4.78 is 8.87. The summed E-state index contributed by atoms with van der Waals surface area (Å²) in [5.41, 5.74) is 0. The van der Waals surface area contributed by atoms with Crippen LogP contribution in [0.2, 0.25) is 0 Å². The molecule has 0 amide bonds.